The van der Waals surface area contributed by atoms with Crippen LogP contribution in [0.3, 0.4) is 0 Å². The van der Waals surface area contributed by atoms with Crippen molar-refractivity contribution >= 4 is 0 Å². The van der Waals surface area contributed by atoms with Crippen molar-refractivity contribution < 1.29 is 4.39 Å². The fourth-order valence-electron chi connectivity index (χ4n) is 11.2. The van der Waals surface area contributed by atoms with Crippen molar-refractivity contribution in [1.29, 1.82) is 0 Å². The maximum atomic E-state index is 16.4. The smallest absolute Gasteiger partial charge is 0.130 e. The van der Waals surface area contributed by atoms with Gasteiger partial charge in [0.1, 0.15) is 5.82 Å². The van der Waals surface area contributed by atoms with Crippen LogP contribution in [0.15, 0.2) is 85.0 Å². The molecule has 2 heteroatoms. The molecule has 0 aliphatic heterocycles. The largest absolute Gasteiger partial charge is 0.325 e. The Bertz CT molecular complexity index is 1540. The van der Waals surface area contributed by atoms with Gasteiger partial charge >= 0.3 is 0 Å². The number of halogens is 1. The summed E-state index contributed by atoms with van der Waals surface area (Å²) in [6, 6.07) is 12.7. The molecular weight excluding hydrogens is 574 g/mol. The lowest BCUT2D eigenvalue weighted by Gasteiger charge is -2.62. The first-order chi connectivity index (χ1) is 22.3. The van der Waals surface area contributed by atoms with E-state index in [-0.39, 0.29) is 28.1 Å². The van der Waals surface area contributed by atoms with Gasteiger partial charge in [0.05, 0.1) is 0 Å². The van der Waals surface area contributed by atoms with Gasteiger partial charge in [-0.3, -0.25) is 0 Å². The molecule has 6 rings (SSSR count). The zero-order chi connectivity index (χ0) is 34.3. The van der Waals surface area contributed by atoms with Gasteiger partial charge in [-0.1, -0.05) is 132 Å². The van der Waals surface area contributed by atoms with E-state index in [9.17, 15) is 0 Å². The molecular formula is C45H62FN. The Hall–Kier alpha value is -2.71. The van der Waals surface area contributed by atoms with Crippen LogP contribution in [-0.2, 0) is 12.8 Å². The van der Waals surface area contributed by atoms with Crippen LogP contribution in [0.2, 0.25) is 0 Å². The van der Waals surface area contributed by atoms with E-state index in [1.807, 2.05) is 26.0 Å². The Balaban J connectivity index is 0.00000213. The second-order valence-corrected chi connectivity index (χ2v) is 16.1. The summed E-state index contributed by atoms with van der Waals surface area (Å²) < 4.78 is 16.4. The monoisotopic (exact) mass is 635 g/mol. The molecule has 0 heterocycles. The molecule has 0 saturated heterocycles. The van der Waals surface area contributed by atoms with Crippen molar-refractivity contribution in [3.63, 3.8) is 0 Å². The van der Waals surface area contributed by atoms with E-state index in [0.717, 1.165) is 67.2 Å². The second kappa shape index (κ2) is 13.7. The van der Waals surface area contributed by atoms with Crippen LogP contribution in [0, 0.1) is 60.1 Å². The Morgan fingerprint density at radius 2 is 1.83 bits per heavy atom. The van der Waals surface area contributed by atoms with Gasteiger partial charge in [-0.05, 0) is 128 Å². The molecule has 254 valence electrons. The van der Waals surface area contributed by atoms with E-state index in [2.05, 4.69) is 103 Å². The summed E-state index contributed by atoms with van der Waals surface area (Å²) in [7, 11) is 0. The topological polar surface area (TPSA) is 26.0 Å². The summed E-state index contributed by atoms with van der Waals surface area (Å²) >= 11 is 0. The molecule has 4 aliphatic carbocycles. The van der Waals surface area contributed by atoms with Crippen LogP contribution >= 0.6 is 0 Å². The normalized spacial score (nSPS) is 34.6. The number of hydrogen-bond acceptors (Lipinski definition) is 1. The minimum Gasteiger partial charge on any atom is -0.325 e. The fourth-order valence-corrected chi connectivity index (χ4v) is 11.2. The van der Waals surface area contributed by atoms with Crippen LogP contribution in [-0.4, -0.2) is 5.54 Å². The molecule has 1 nitrogen and oxygen atoms in total. The molecule has 47 heavy (non-hydrogen) atoms. The summed E-state index contributed by atoms with van der Waals surface area (Å²) in [5.74, 6) is 2.22. The lowest BCUT2D eigenvalue weighted by atomic mass is 9.44. The Labute approximate surface area is 286 Å². The average molecular weight is 636 g/mol. The number of fused-ring (bicyclic) bond motifs is 5. The summed E-state index contributed by atoms with van der Waals surface area (Å²) in [5.41, 5.74) is 15.7. The molecule has 0 radical (unpaired) electrons. The van der Waals surface area contributed by atoms with Gasteiger partial charge in [0.2, 0.25) is 0 Å². The van der Waals surface area contributed by atoms with Crippen LogP contribution in [0.4, 0.5) is 4.39 Å². The number of benzene rings is 2. The molecule has 3 fully saturated rings. The first kappa shape index (κ1) is 35.6. The highest BCUT2D eigenvalue weighted by Crippen LogP contribution is 2.69. The van der Waals surface area contributed by atoms with Crippen molar-refractivity contribution in [2.24, 2.45) is 46.2 Å². The van der Waals surface area contributed by atoms with Crippen molar-refractivity contribution in [1.82, 2.24) is 0 Å². The van der Waals surface area contributed by atoms with Gasteiger partial charge in [-0.15, -0.1) is 0 Å². The van der Waals surface area contributed by atoms with Gasteiger partial charge in [-0.2, -0.15) is 0 Å². The molecule has 2 aromatic rings. The van der Waals surface area contributed by atoms with Gasteiger partial charge in [0.25, 0.3) is 0 Å². The quantitative estimate of drug-likeness (QED) is 0.227. The van der Waals surface area contributed by atoms with E-state index in [4.69, 9.17) is 5.73 Å². The van der Waals surface area contributed by atoms with Crippen LogP contribution < -0.4 is 5.73 Å². The minimum atomic E-state index is -0.210. The second-order valence-electron chi connectivity index (χ2n) is 16.1. The molecule has 8 unspecified atom stereocenters. The Morgan fingerprint density at radius 1 is 1.09 bits per heavy atom. The molecule has 0 aromatic heterocycles. The molecule has 0 spiro atoms. The Morgan fingerprint density at radius 3 is 2.53 bits per heavy atom. The van der Waals surface area contributed by atoms with E-state index < -0.39 is 0 Å². The van der Waals surface area contributed by atoms with Crippen LogP contribution in [0.5, 0.6) is 0 Å². The lowest BCUT2D eigenvalue weighted by molar-refractivity contribution is -0.0496. The van der Waals surface area contributed by atoms with Crippen molar-refractivity contribution in [2.75, 3.05) is 0 Å². The van der Waals surface area contributed by atoms with Crippen molar-refractivity contribution in [3.8, 4) is 0 Å². The van der Waals surface area contributed by atoms with E-state index in [1.165, 1.54) is 11.1 Å². The minimum absolute atomic E-state index is 0.00377. The summed E-state index contributed by atoms with van der Waals surface area (Å²) in [5, 5.41) is 0. The zero-order valence-electron chi connectivity index (χ0n) is 30.8. The highest BCUT2D eigenvalue weighted by Gasteiger charge is 2.66. The molecule has 2 N–H and O–H groups in total. The third-order valence-corrected chi connectivity index (χ3v) is 13.3. The molecule has 2 aromatic carbocycles. The summed E-state index contributed by atoms with van der Waals surface area (Å²) in [6.45, 7) is 26.5. The van der Waals surface area contributed by atoms with Gasteiger partial charge < -0.3 is 5.73 Å². The van der Waals surface area contributed by atoms with Crippen LogP contribution in [0.25, 0.3) is 0 Å². The molecule has 3 saturated carbocycles. The van der Waals surface area contributed by atoms with Crippen molar-refractivity contribution in [3.05, 3.63) is 119 Å². The zero-order valence-corrected chi connectivity index (χ0v) is 30.8. The number of allylic oxidation sites excluding steroid dienone is 6. The number of aryl methyl sites for hydroxylation is 4. The predicted molar refractivity (Wildman–Crippen MR) is 200 cm³/mol. The fraction of sp³-hybridized carbons (Fsp3) is 0.556. The first-order valence-electron chi connectivity index (χ1n) is 18.7. The predicted octanol–water partition coefficient (Wildman–Crippen LogP) is 11.8. The molecule has 0 amide bonds. The molecule has 4 aliphatic rings. The first-order valence-corrected chi connectivity index (χ1v) is 18.7. The standard InChI is InChI=1S/C43H56FN.C2H6/c1-9-29(4)39-34(25-31(6)38-30(5)13-15-33(40(38)44)16-14-32-12-10-11-27(2)23-32)26-37-42(39,8)21-19-36-41(7)20-17-28(3)24-35(41)18-22-43(36,37)45;1-2/h9-13,15,17,20,23-24,28,31,34,36-37,39H,1,4,14,16,18-19,21-22,25-26,45H2,2-3,5-8H3;1-2H3/t28?,31?,34-,36?,37?,39?,41?,42?,43?;/m1./s1. The Kier molecular flexibility index (Phi) is 10.3. The molecule has 9 atom stereocenters. The summed E-state index contributed by atoms with van der Waals surface area (Å²) in [6.07, 6.45) is 17.5. The van der Waals surface area contributed by atoms with E-state index >= 15 is 4.39 Å². The lowest BCUT2D eigenvalue weighted by Crippen LogP contribution is -2.66. The average Bonchev–Trinajstić information content (AvgIpc) is 3.34. The highest BCUT2D eigenvalue weighted by atomic mass is 19.1. The number of hydrogen-bond donors (Lipinski definition) is 1. The maximum absolute atomic E-state index is 16.4. The van der Waals surface area contributed by atoms with E-state index in [1.54, 1.807) is 5.57 Å². The van der Waals surface area contributed by atoms with Crippen molar-refractivity contribution in [2.45, 2.75) is 118 Å². The highest BCUT2D eigenvalue weighted by molar-refractivity contribution is 5.39. The third-order valence-electron chi connectivity index (χ3n) is 13.3. The van der Waals surface area contributed by atoms with Gasteiger partial charge in [-0.25, -0.2) is 4.39 Å². The molecule has 0 bridgehead atoms. The van der Waals surface area contributed by atoms with Gasteiger partial charge in [0, 0.05) is 11.0 Å². The summed E-state index contributed by atoms with van der Waals surface area (Å²) in [4.78, 5) is 0. The third kappa shape index (κ3) is 6.18. The SMILES string of the molecule is C=CC(=C)C1[C@H](CC(C)c2c(C)ccc(CCc3cccc(C)c3)c2F)CC2C1(C)CCC1C3(C)C=CC(C)C=C3CCC12N.CC. The number of rotatable bonds is 8. The van der Waals surface area contributed by atoms with Gasteiger partial charge in [0.15, 0.2) is 0 Å². The van der Waals surface area contributed by atoms with Crippen LogP contribution in [0.1, 0.15) is 114 Å². The number of nitrogens with two attached hydrogens (primary N) is 1. The van der Waals surface area contributed by atoms with E-state index in [0.29, 0.717) is 36.0 Å². The maximum Gasteiger partial charge on any atom is 0.130 e.